The van der Waals surface area contributed by atoms with Gasteiger partial charge in [0.1, 0.15) is 11.2 Å². The number of amides is 2. The normalized spacial score (nSPS) is 21.2. The van der Waals surface area contributed by atoms with Crippen molar-refractivity contribution in [2.24, 2.45) is 0 Å². The molecular weight excluding hydrogens is 350 g/mol. The van der Waals surface area contributed by atoms with Gasteiger partial charge in [0.05, 0.1) is 11.6 Å². The minimum Gasteiger partial charge on any atom is -0.326 e. The molecule has 0 N–H and O–H groups in total. The fourth-order valence-corrected chi connectivity index (χ4v) is 3.54. The summed E-state index contributed by atoms with van der Waals surface area (Å²) in [5.41, 5.74) is 2.33. The molecule has 0 saturated carbocycles. The highest BCUT2D eigenvalue weighted by Gasteiger charge is 2.48. The Bertz CT molecular complexity index is 1000. The molecule has 1 saturated heterocycles. The van der Waals surface area contributed by atoms with Crippen molar-refractivity contribution in [3.63, 3.8) is 0 Å². The van der Waals surface area contributed by atoms with Crippen molar-refractivity contribution in [2.75, 3.05) is 14.1 Å². The Morgan fingerprint density at radius 3 is 2.43 bits per heavy atom. The van der Waals surface area contributed by atoms with Crippen LogP contribution in [0.25, 0.3) is 6.08 Å². The maximum Gasteiger partial charge on any atom is 0.271 e. The smallest absolute Gasteiger partial charge is 0.271 e. The van der Waals surface area contributed by atoms with Crippen molar-refractivity contribution in [3.8, 4) is 6.07 Å². The van der Waals surface area contributed by atoms with Crippen LogP contribution in [0.3, 0.4) is 0 Å². The molecule has 5 heteroatoms. The molecule has 0 aliphatic carbocycles. The number of carbonyl (C=O) groups is 2. The Labute approximate surface area is 165 Å². The lowest BCUT2D eigenvalue weighted by Crippen LogP contribution is -2.64. The lowest BCUT2D eigenvalue weighted by atomic mass is 9.87. The van der Waals surface area contributed by atoms with E-state index < -0.39 is 5.54 Å². The number of nitrogens with zero attached hydrogens (tertiary/aromatic N) is 3. The number of benzene rings is 2. The highest BCUT2D eigenvalue weighted by molar-refractivity contribution is 6.08. The quantitative estimate of drug-likeness (QED) is 0.777. The summed E-state index contributed by atoms with van der Waals surface area (Å²) in [5, 5.41) is 9.40. The largest absolute Gasteiger partial charge is 0.326 e. The van der Waals surface area contributed by atoms with Gasteiger partial charge in [-0.25, -0.2) is 0 Å². The van der Waals surface area contributed by atoms with E-state index in [0.717, 1.165) is 11.1 Å². The van der Waals surface area contributed by atoms with Crippen LogP contribution >= 0.6 is 0 Å². The van der Waals surface area contributed by atoms with Crippen LogP contribution in [0.2, 0.25) is 0 Å². The molecule has 1 heterocycles. The summed E-state index contributed by atoms with van der Waals surface area (Å²) in [4.78, 5) is 29.3. The molecule has 1 aliphatic rings. The van der Waals surface area contributed by atoms with Gasteiger partial charge in [-0.2, -0.15) is 5.26 Å². The average Bonchev–Trinajstić information content (AvgIpc) is 2.70. The molecule has 28 heavy (non-hydrogen) atoms. The van der Waals surface area contributed by atoms with Crippen molar-refractivity contribution in [1.82, 2.24) is 9.80 Å². The molecule has 2 aromatic carbocycles. The molecule has 1 atom stereocenters. The zero-order valence-electron chi connectivity index (χ0n) is 16.6. The number of aryl methyl sites for hydroxylation is 1. The minimum absolute atomic E-state index is 0.157. The Kier molecular flexibility index (Phi) is 5.06. The summed E-state index contributed by atoms with van der Waals surface area (Å²) in [7, 11) is 3.27. The maximum absolute atomic E-state index is 13.2. The van der Waals surface area contributed by atoms with Crippen LogP contribution in [0.1, 0.15) is 29.2 Å². The lowest BCUT2D eigenvalue weighted by Gasteiger charge is -2.45. The van der Waals surface area contributed by atoms with Crippen LogP contribution in [0.5, 0.6) is 0 Å². The number of hydrogen-bond donors (Lipinski definition) is 0. The van der Waals surface area contributed by atoms with E-state index in [9.17, 15) is 14.9 Å². The number of piperazine rings is 1. The van der Waals surface area contributed by atoms with Gasteiger partial charge in [-0.3, -0.25) is 9.59 Å². The van der Waals surface area contributed by atoms with Crippen molar-refractivity contribution in [2.45, 2.75) is 25.8 Å². The Hall–Kier alpha value is -3.39. The first-order chi connectivity index (χ1) is 13.3. The highest BCUT2D eigenvalue weighted by Crippen LogP contribution is 2.31. The summed E-state index contributed by atoms with van der Waals surface area (Å²) in [6, 6.07) is 17.3. The monoisotopic (exact) mass is 373 g/mol. The van der Waals surface area contributed by atoms with Gasteiger partial charge in [0, 0.05) is 20.5 Å². The van der Waals surface area contributed by atoms with Crippen LogP contribution in [-0.2, 0) is 16.0 Å². The van der Waals surface area contributed by atoms with Crippen molar-refractivity contribution in [1.29, 1.82) is 5.26 Å². The molecule has 0 radical (unpaired) electrons. The zero-order valence-corrected chi connectivity index (χ0v) is 16.6. The van der Waals surface area contributed by atoms with E-state index in [1.165, 1.54) is 9.80 Å². The van der Waals surface area contributed by atoms with E-state index in [4.69, 9.17) is 0 Å². The van der Waals surface area contributed by atoms with Crippen LogP contribution in [0.15, 0.2) is 54.2 Å². The molecule has 1 fully saturated rings. The summed E-state index contributed by atoms with van der Waals surface area (Å²) in [5.74, 6) is -0.402. The molecule has 3 rings (SSSR count). The molecule has 0 aromatic heterocycles. The van der Waals surface area contributed by atoms with Gasteiger partial charge in [0.2, 0.25) is 0 Å². The van der Waals surface area contributed by atoms with Gasteiger partial charge >= 0.3 is 0 Å². The third-order valence-electron chi connectivity index (χ3n) is 5.40. The first-order valence-electron chi connectivity index (χ1n) is 9.10. The standard InChI is InChI=1S/C23H23N3O2/c1-16-10-11-18(19(12-16)15-24)13-20-21(27)26(4)23(2,22(28)25(20)3)14-17-8-6-5-7-9-17/h5-13H,14H2,1-4H3. The predicted molar refractivity (Wildman–Crippen MR) is 108 cm³/mol. The van der Waals surface area contributed by atoms with E-state index in [-0.39, 0.29) is 17.5 Å². The van der Waals surface area contributed by atoms with Crippen LogP contribution in [0, 0.1) is 18.3 Å². The van der Waals surface area contributed by atoms with Crippen LogP contribution < -0.4 is 0 Å². The first kappa shape index (κ1) is 19.4. The second-order valence-electron chi connectivity index (χ2n) is 7.40. The van der Waals surface area contributed by atoms with E-state index >= 15 is 0 Å². The van der Waals surface area contributed by atoms with Gasteiger partial charge in [-0.1, -0.05) is 42.5 Å². The predicted octanol–water partition coefficient (Wildman–Crippen LogP) is 3.14. The van der Waals surface area contributed by atoms with Gasteiger partial charge < -0.3 is 9.80 Å². The number of rotatable bonds is 3. The number of hydrogen-bond acceptors (Lipinski definition) is 3. The second kappa shape index (κ2) is 7.32. The Balaban J connectivity index is 2.00. The fourth-order valence-electron chi connectivity index (χ4n) is 3.54. The number of likely N-dealkylation sites (N-methyl/N-ethyl adjacent to an activating group) is 2. The fraction of sp³-hybridized carbons (Fsp3) is 0.261. The van der Waals surface area contributed by atoms with E-state index in [0.29, 0.717) is 17.5 Å². The molecule has 5 nitrogen and oxygen atoms in total. The zero-order chi connectivity index (χ0) is 20.5. The molecule has 0 spiro atoms. The van der Waals surface area contributed by atoms with Crippen LogP contribution in [-0.4, -0.2) is 41.2 Å². The summed E-state index contributed by atoms with van der Waals surface area (Å²) in [6.07, 6.45) is 2.05. The molecule has 1 aliphatic heterocycles. The van der Waals surface area contributed by atoms with Gasteiger partial charge in [-0.15, -0.1) is 0 Å². The van der Waals surface area contributed by atoms with E-state index in [2.05, 4.69) is 6.07 Å². The third kappa shape index (κ3) is 3.29. The van der Waals surface area contributed by atoms with Crippen LogP contribution in [0.4, 0.5) is 0 Å². The summed E-state index contributed by atoms with van der Waals surface area (Å²) >= 11 is 0. The highest BCUT2D eigenvalue weighted by atomic mass is 16.2. The van der Waals surface area contributed by atoms with Crippen molar-refractivity contribution in [3.05, 3.63) is 76.5 Å². The molecular formula is C23H23N3O2. The maximum atomic E-state index is 13.2. The molecule has 142 valence electrons. The first-order valence-corrected chi connectivity index (χ1v) is 9.10. The van der Waals surface area contributed by atoms with E-state index in [1.54, 1.807) is 39.2 Å². The second-order valence-corrected chi connectivity index (χ2v) is 7.40. The Morgan fingerprint density at radius 2 is 1.79 bits per heavy atom. The molecule has 0 bridgehead atoms. The molecule has 1 unspecified atom stereocenters. The third-order valence-corrected chi connectivity index (χ3v) is 5.40. The van der Waals surface area contributed by atoms with Crippen molar-refractivity contribution >= 4 is 17.9 Å². The lowest BCUT2D eigenvalue weighted by molar-refractivity contribution is -0.155. The Morgan fingerprint density at radius 1 is 1.11 bits per heavy atom. The summed E-state index contributed by atoms with van der Waals surface area (Å²) in [6.45, 7) is 3.70. The number of nitriles is 1. The minimum atomic E-state index is -0.976. The number of carbonyl (C=O) groups excluding carboxylic acids is 2. The van der Waals surface area contributed by atoms with Gasteiger partial charge in [-0.05, 0) is 42.7 Å². The SMILES string of the molecule is Cc1ccc(C=C2C(=O)N(C)C(C)(Cc3ccccc3)C(=O)N2C)c(C#N)c1. The molecule has 2 amide bonds. The van der Waals surface area contributed by atoms with Crippen molar-refractivity contribution < 1.29 is 9.59 Å². The van der Waals surface area contributed by atoms with E-state index in [1.807, 2.05) is 43.3 Å². The average molecular weight is 373 g/mol. The summed E-state index contributed by atoms with van der Waals surface area (Å²) < 4.78 is 0. The topological polar surface area (TPSA) is 64.4 Å². The van der Waals surface area contributed by atoms with Gasteiger partial charge in [0.15, 0.2) is 0 Å². The molecule has 2 aromatic rings. The van der Waals surface area contributed by atoms with Gasteiger partial charge in [0.25, 0.3) is 11.8 Å².